The molecule has 0 atom stereocenters. The largest absolute Gasteiger partial charge is 0.383 e. The van der Waals surface area contributed by atoms with E-state index in [2.05, 4.69) is 57.2 Å². The second kappa shape index (κ2) is 6.44. The maximum absolute atomic E-state index is 11.6. The normalized spacial score (nSPS) is 13.7. The van der Waals surface area contributed by atoms with E-state index in [0.29, 0.717) is 12.2 Å². The monoisotopic (exact) mass is 387 g/mol. The molecule has 1 aliphatic heterocycles. The molecule has 1 aliphatic rings. The van der Waals surface area contributed by atoms with Crippen LogP contribution in [0.5, 0.6) is 0 Å². The minimum atomic E-state index is 0.180. The predicted molar refractivity (Wildman–Crippen MR) is 116 cm³/mol. The molecule has 5 rings (SSSR count). The van der Waals surface area contributed by atoms with Gasteiger partial charge in [0, 0.05) is 41.2 Å². The number of aromatic nitrogens is 4. The van der Waals surface area contributed by atoms with Crippen molar-refractivity contribution in [2.75, 3.05) is 5.73 Å². The number of hydrogen-bond acceptors (Lipinski definition) is 4. The van der Waals surface area contributed by atoms with Crippen LogP contribution in [0.2, 0.25) is 0 Å². The summed E-state index contributed by atoms with van der Waals surface area (Å²) in [6, 6.07) is 8.87. The average Bonchev–Trinajstić information content (AvgIpc) is 3.12. The van der Waals surface area contributed by atoms with Gasteiger partial charge in [0.1, 0.15) is 23.6 Å². The number of benzene rings is 1. The SMILES string of the molecule is CC(=O)Cc1ccc2cc3n(c2c1)CCCc1c-3c2c(N)ncnc2n1C(C)C. The summed E-state index contributed by atoms with van der Waals surface area (Å²) in [4.78, 5) is 20.5. The van der Waals surface area contributed by atoms with Crippen molar-refractivity contribution in [2.45, 2.75) is 52.6 Å². The van der Waals surface area contributed by atoms with Crippen molar-refractivity contribution in [1.29, 1.82) is 0 Å². The smallest absolute Gasteiger partial charge is 0.146 e. The Bertz CT molecular complexity index is 1280. The second-order valence-corrected chi connectivity index (χ2v) is 8.30. The number of hydrogen-bond donors (Lipinski definition) is 1. The van der Waals surface area contributed by atoms with Gasteiger partial charge in [0.15, 0.2) is 0 Å². The quantitative estimate of drug-likeness (QED) is 0.569. The maximum Gasteiger partial charge on any atom is 0.146 e. The van der Waals surface area contributed by atoms with E-state index in [1.807, 2.05) is 0 Å². The third-order valence-electron chi connectivity index (χ3n) is 5.90. The molecule has 3 aromatic heterocycles. The van der Waals surface area contributed by atoms with Gasteiger partial charge in [-0.3, -0.25) is 4.79 Å². The molecule has 0 saturated heterocycles. The zero-order valence-corrected chi connectivity index (χ0v) is 17.1. The van der Waals surface area contributed by atoms with Gasteiger partial charge in [-0.1, -0.05) is 12.1 Å². The highest BCUT2D eigenvalue weighted by molar-refractivity contribution is 6.04. The first-order valence-corrected chi connectivity index (χ1v) is 10.2. The van der Waals surface area contributed by atoms with E-state index >= 15 is 0 Å². The van der Waals surface area contributed by atoms with Crippen LogP contribution in [-0.2, 0) is 24.2 Å². The molecular formula is C23H25N5O. The Morgan fingerprint density at radius 3 is 2.83 bits per heavy atom. The molecule has 6 heteroatoms. The van der Waals surface area contributed by atoms with E-state index in [4.69, 9.17) is 5.73 Å². The zero-order chi connectivity index (χ0) is 20.3. The molecule has 0 saturated carbocycles. The predicted octanol–water partition coefficient (Wildman–Crippen LogP) is 4.29. The number of fused-ring (bicyclic) bond motifs is 7. The van der Waals surface area contributed by atoms with Crippen molar-refractivity contribution in [3.8, 4) is 11.3 Å². The molecule has 4 aromatic rings. The van der Waals surface area contributed by atoms with Gasteiger partial charge in [0.05, 0.1) is 11.1 Å². The fourth-order valence-electron chi connectivity index (χ4n) is 4.83. The first-order chi connectivity index (χ1) is 14.0. The van der Waals surface area contributed by atoms with Crippen molar-refractivity contribution in [3.05, 3.63) is 41.9 Å². The van der Waals surface area contributed by atoms with Crippen molar-refractivity contribution in [1.82, 2.24) is 19.1 Å². The molecule has 0 unspecified atom stereocenters. The van der Waals surface area contributed by atoms with Gasteiger partial charge in [-0.25, -0.2) is 9.97 Å². The van der Waals surface area contributed by atoms with Crippen LogP contribution in [-0.4, -0.2) is 24.9 Å². The summed E-state index contributed by atoms with van der Waals surface area (Å²) < 4.78 is 4.69. The molecule has 0 fully saturated rings. The number of nitrogens with zero attached hydrogens (tertiary/aromatic N) is 4. The number of aryl methyl sites for hydroxylation is 1. The van der Waals surface area contributed by atoms with Crippen molar-refractivity contribution in [2.24, 2.45) is 0 Å². The van der Waals surface area contributed by atoms with Crippen LogP contribution < -0.4 is 5.73 Å². The molecule has 0 amide bonds. The van der Waals surface area contributed by atoms with E-state index in [1.165, 1.54) is 22.3 Å². The molecule has 0 aliphatic carbocycles. The molecule has 2 N–H and O–H groups in total. The second-order valence-electron chi connectivity index (χ2n) is 8.30. The number of Topliss-reactive ketones (excluding diaryl/α,β-unsaturated/α-hetero) is 1. The first-order valence-electron chi connectivity index (χ1n) is 10.2. The molecule has 29 heavy (non-hydrogen) atoms. The van der Waals surface area contributed by atoms with Crippen LogP contribution in [0.25, 0.3) is 33.2 Å². The van der Waals surface area contributed by atoms with Crippen molar-refractivity contribution >= 4 is 33.5 Å². The Labute approximate surface area is 169 Å². The van der Waals surface area contributed by atoms with E-state index in [1.54, 1.807) is 13.3 Å². The molecule has 1 aromatic carbocycles. The van der Waals surface area contributed by atoms with Gasteiger partial charge in [0.2, 0.25) is 0 Å². The highest BCUT2D eigenvalue weighted by Gasteiger charge is 2.27. The van der Waals surface area contributed by atoms with E-state index in [-0.39, 0.29) is 11.8 Å². The van der Waals surface area contributed by atoms with Gasteiger partial charge < -0.3 is 14.9 Å². The van der Waals surface area contributed by atoms with Crippen LogP contribution >= 0.6 is 0 Å². The third kappa shape index (κ3) is 2.66. The lowest BCUT2D eigenvalue weighted by molar-refractivity contribution is -0.116. The molecule has 0 spiro atoms. The van der Waals surface area contributed by atoms with Gasteiger partial charge in [-0.05, 0) is 51.3 Å². The van der Waals surface area contributed by atoms with E-state index in [9.17, 15) is 4.79 Å². The van der Waals surface area contributed by atoms with Gasteiger partial charge >= 0.3 is 0 Å². The lowest BCUT2D eigenvalue weighted by Crippen LogP contribution is -2.07. The highest BCUT2D eigenvalue weighted by Crippen LogP contribution is 2.42. The molecule has 4 heterocycles. The summed E-state index contributed by atoms with van der Waals surface area (Å²) in [5.41, 5.74) is 13.1. The molecule has 0 radical (unpaired) electrons. The van der Waals surface area contributed by atoms with E-state index in [0.717, 1.165) is 41.5 Å². The topological polar surface area (TPSA) is 78.7 Å². The number of ketones is 1. The summed E-state index contributed by atoms with van der Waals surface area (Å²) in [6.07, 6.45) is 4.03. The summed E-state index contributed by atoms with van der Waals surface area (Å²) in [5.74, 6) is 0.709. The Balaban J connectivity index is 1.85. The number of carbonyl (C=O) groups is 1. The number of anilines is 1. The Kier molecular flexibility index (Phi) is 3.98. The van der Waals surface area contributed by atoms with Gasteiger partial charge in [0.25, 0.3) is 0 Å². The van der Waals surface area contributed by atoms with Crippen LogP contribution in [0, 0.1) is 0 Å². The lowest BCUT2D eigenvalue weighted by atomic mass is 10.1. The van der Waals surface area contributed by atoms with Crippen LogP contribution in [0.4, 0.5) is 5.82 Å². The summed E-state index contributed by atoms with van der Waals surface area (Å²) >= 11 is 0. The molecular weight excluding hydrogens is 362 g/mol. The van der Waals surface area contributed by atoms with Crippen molar-refractivity contribution < 1.29 is 4.79 Å². The number of nitrogens with two attached hydrogens (primary N) is 1. The van der Waals surface area contributed by atoms with E-state index < -0.39 is 0 Å². The van der Waals surface area contributed by atoms with Crippen LogP contribution in [0.15, 0.2) is 30.6 Å². The average molecular weight is 387 g/mol. The minimum absolute atomic E-state index is 0.180. The van der Waals surface area contributed by atoms with Gasteiger partial charge in [-0.15, -0.1) is 0 Å². The lowest BCUT2D eigenvalue weighted by Gasteiger charge is -2.13. The fraction of sp³-hybridized carbons (Fsp3) is 0.348. The number of carbonyl (C=O) groups excluding carboxylic acids is 1. The van der Waals surface area contributed by atoms with Crippen molar-refractivity contribution in [3.63, 3.8) is 0 Å². The fourth-order valence-corrected chi connectivity index (χ4v) is 4.83. The zero-order valence-electron chi connectivity index (χ0n) is 17.1. The minimum Gasteiger partial charge on any atom is -0.383 e. The standard InChI is InChI=1S/C23H25N5O/c1-13(2)28-17-5-4-8-27-18-10-15(9-14(3)29)6-7-16(18)11-19(27)20(17)21-22(24)25-12-26-23(21)28/h6-7,10-13H,4-5,8-9H2,1-3H3,(H2,24,25,26). The third-order valence-corrected chi connectivity index (χ3v) is 5.90. The molecule has 0 bridgehead atoms. The first kappa shape index (κ1) is 17.9. The number of nitrogen functional groups attached to an aromatic ring is 1. The number of rotatable bonds is 3. The summed E-state index contributed by atoms with van der Waals surface area (Å²) in [7, 11) is 0. The maximum atomic E-state index is 11.6. The summed E-state index contributed by atoms with van der Waals surface area (Å²) in [5, 5.41) is 2.13. The molecule has 6 nitrogen and oxygen atoms in total. The van der Waals surface area contributed by atoms with Crippen LogP contribution in [0.1, 0.15) is 44.5 Å². The van der Waals surface area contributed by atoms with Gasteiger partial charge in [-0.2, -0.15) is 0 Å². The summed E-state index contributed by atoms with van der Waals surface area (Å²) in [6.45, 7) is 6.95. The molecule has 148 valence electrons. The highest BCUT2D eigenvalue weighted by atomic mass is 16.1. The Morgan fingerprint density at radius 1 is 1.24 bits per heavy atom. The Morgan fingerprint density at radius 2 is 2.07 bits per heavy atom. The van der Waals surface area contributed by atoms with Crippen LogP contribution in [0.3, 0.4) is 0 Å². The Hall–Kier alpha value is -3.15.